The second kappa shape index (κ2) is 7.97. The molecule has 4 atom stereocenters. The fraction of sp³-hybridized carbons (Fsp3) is 0.579. The number of hydrogen-bond donors (Lipinski definition) is 3. The number of Topliss-reactive ketones (excluding diaryl/α,β-unsaturated/α-hetero) is 1. The number of rotatable bonds is 8. The lowest BCUT2D eigenvalue weighted by Crippen LogP contribution is -2.34. The summed E-state index contributed by atoms with van der Waals surface area (Å²) in [6.45, 7) is 3.75. The van der Waals surface area contributed by atoms with Crippen LogP contribution in [0.15, 0.2) is 30.3 Å². The van der Waals surface area contributed by atoms with Gasteiger partial charge in [0.15, 0.2) is 0 Å². The molecular weight excluding hydrogens is 324 g/mol. The van der Waals surface area contributed by atoms with Gasteiger partial charge in [0.25, 0.3) is 0 Å². The highest BCUT2D eigenvalue weighted by atomic mass is 16.5. The molecule has 1 fully saturated rings. The number of hydrogen-bond acceptors (Lipinski definition) is 5. The van der Waals surface area contributed by atoms with Crippen molar-refractivity contribution in [2.45, 2.75) is 57.3 Å². The summed E-state index contributed by atoms with van der Waals surface area (Å²) in [7, 11) is 0. The quantitative estimate of drug-likeness (QED) is 0.663. The topological polar surface area (TPSA) is 104 Å². The average Bonchev–Trinajstić information content (AvgIpc) is 2.79. The van der Waals surface area contributed by atoms with Crippen LogP contribution in [-0.4, -0.2) is 44.9 Å². The van der Waals surface area contributed by atoms with E-state index in [1.165, 1.54) is 0 Å². The third-order valence-corrected chi connectivity index (χ3v) is 4.75. The molecule has 1 aliphatic rings. The van der Waals surface area contributed by atoms with Gasteiger partial charge in [-0.3, -0.25) is 9.59 Å². The van der Waals surface area contributed by atoms with Crippen molar-refractivity contribution >= 4 is 11.8 Å². The van der Waals surface area contributed by atoms with Crippen LogP contribution in [0, 0.1) is 11.8 Å². The van der Waals surface area contributed by atoms with Crippen molar-refractivity contribution in [2.75, 3.05) is 0 Å². The summed E-state index contributed by atoms with van der Waals surface area (Å²) >= 11 is 0. The highest BCUT2D eigenvalue weighted by Crippen LogP contribution is 2.37. The number of ether oxygens (including phenoxy) is 1. The van der Waals surface area contributed by atoms with Gasteiger partial charge in [-0.2, -0.15) is 0 Å². The zero-order valence-electron chi connectivity index (χ0n) is 14.6. The molecule has 0 radical (unpaired) electrons. The van der Waals surface area contributed by atoms with E-state index in [-0.39, 0.29) is 25.0 Å². The summed E-state index contributed by atoms with van der Waals surface area (Å²) in [6.07, 6.45) is -1.65. The van der Waals surface area contributed by atoms with Gasteiger partial charge in [0.05, 0.1) is 18.6 Å². The minimum Gasteiger partial charge on any atom is -0.488 e. The number of carbonyl (C=O) groups is 2. The molecule has 0 saturated heterocycles. The van der Waals surface area contributed by atoms with E-state index in [4.69, 9.17) is 9.84 Å². The first-order valence-corrected chi connectivity index (χ1v) is 8.54. The first kappa shape index (κ1) is 19.4. The number of benzene rings is 1. The van der Waals surface area contributed by atoms with E-state index in [0.717, 1.165) is 0 Å². The minimum atomic E-state index is -1.08. The lowest BCUT2D eigenvalue weighted by molar-refractivity contribution is -0.140. The molecule has 6 heteroatoms. The zero-order chi connectivity index (χ0) is 18.6. The van der Waals surface area contributed by atoms with Crippen LogP contribution in [0.2, 0.25) is 0 Å². The summed E-state index contributed by atoms with van der Waals surface area (Å²) in [5.41, 5.74) is -0.582. The smallest absolute Gasteiger partial charge is 0.303 e. The monoisotopic (exact) mass is 350 g/mol. The molecule has 1 aromatic rings. The van der Waals surface area contributed by atoms with Crippen LogP contribution in [0.5, 0.6) is 5.75 Å². The van der Waals surface area contributed by atoms with Gasteiger partial charge in [-0.05, 0) is 32.4 Å². The Labute approximate surface area is 147 Å². The molecule has 25 heavy (non-hydrogen) atoms. The van der Waals surface area contributed by atoms with Gasteiger partial charge in [-0.15, -0.1) is 0 Å². The molecule has 0 aromatic heterocycles. The van der Waals surface area contributed by atoms with E-state index in [1.54, 1.807) is 0 Å². The molecule has 3 N–H and O–H groups in total. The molecule has 0 amide bonds. The van der Waals surface area contributed by atoms with Crippen LogP contribution < -0.4 is 4.74 Å². The van der Waals surface area contributed by atoms with E-state index in [9.17, 15) is 19.8 Å². The number of aliphatic hydroxyl groups excluding tert-OH is 2. The highest BCUT2D eigenvalue weighted by Gasteiger charge is 2.46. The van der Waals surface area contributed by atoms with Gasteiger partial charge in [0.1, 0.15) is 17.1 Å². The Bertz CT molecular complexity index is 597. The molecule has 0 spiro atoms. The Morgan fingerprint density at radius 3 is 2.40 bits per heavy atom. The molecule has 1 aromatic carbocycles. The summed E-state index contributed by atoms with van der Waals surface area (Å²) in [4.78, 5) is 23.5. The van der Waals surface area contributed by atoms with E-state index >= 15 is 0 Å². The molecule has 0 aliphatic heterocycles. The molecule has 0 unspecified atom stereocenters. The van der Waals surface area contributed by atoms with E-state index in [2.05, 4.69) is 0 Å². The van der Waals surface area contributed by atoms with Crippen LogP contribution in [0.4, 0.5) is 0 Å². The Morgan fingerprint density at radius 1 is 1.16 bits per heavy atom. The van der Waals surface area contributed by atoms with Crippen LogP contribution in [-0.2, 0) is 9.59 Å². The molecule has 6 nitrogen and oxygen atoms in total. The maximum atomic E-state index is 12.6. The van der Waals surface area contributed by atoms with Crippen LogP contribution in [0.1, 0.15) is 39.5 Å². The summed E-state index contributed by atoms with van der Waals surface area (Å²) < 4.78 is 5.90. The van der Waals surface area contributed by atoms with Gasteiger partial charge in [0, 0.05) is 24.7 Å². The largest absolute Gasteiger partial charge is 0.488 e. The van der Waals surface area contributed by atoms with Crippen molar-refractivity contribution < 1.29 is 29.6 Å². The number of aliphatic hydroxyl groups is 2. The highest BCUT2D eigenvalue weighted by molar-refractivity contribution is 5.83. The van der Waals surface area contributed by atoms with E-state index in [1.807, 2.05) is 44.2 Å². The number of ketones is 1. The predicted octanol–water partition coefficient (Wildman–Crippen LogP) is 2.03. The fourth-order valence-electron chi connectivity index (χ4n) is 3.46. The lowest BCUT2D eigenvalue weighted by atomic mass is 9.84. The number of aliphatic carboxylic acids is 1. The first-order chi connectivity index (χ1) is 11.7. The lowest BCUT2D eigenvalue weighted by Gasteiger charge is -2.28. The third kappa shape index (κ3) is 5.28. The summed E-state index contributed by atoms with van der Waals surface area (Å²) in [6, 6.07) is 9.29. The number of carbonyl (C=O) groups excluding carboxylic acids is 1. The van der Waals surface area contributed by atoms with Crippen molar-refractivity contribution in [3.63, 3.8) is 0 Å². The van der Waals surface area contributed by atoms with Crippen molar-refractivity contribution in [3.8, 4) is 5.75 Å². The molecule has 1 saturated carbocycles. The third-order valence-electron chi connectivity index (χ3n) is 4.75. The van der Waals surface area contributed by atoms with Crippen LogP contribution in [0.3, 0.4) is 0 Å². The van der Waals surface area contributed by atoms with Crippen LogP contribution in [0.25, 0.3) is 0 Å². The predicted molar refractivity (Wildman–Crippen MR) is 91.3 cm³/mol. The summed E-state index contributed by atoms with van der Waals surface area (Å²) in [5, 5.41) is 29.0. The van der Waals surface area contributed by atoms with Gasteiger partial charge in [-0.1, -0.05) is 18.2 Å². The van der Waals surface area contributed by atoms with Crippen molar-refractivity contribution in [3.05, 3.63) is 30.3 Å². The maximum absolute atomic E-state index is 12.6. The normalized spacial score (nSPS) is 26.4. The molecular formula is C19H26O6. The van der Waals surface area contributed by atoms with Crippen molar-refractivity contribution in [1.29, 1.82) is 0 Å². The molecule has 0 heterocycles. The SMILES string of the molecule is CC(C)(CCC(=O)[C@@H]1[C@@H](CC(=O)O)[C@@H](O)C[C@H]1O)Oc1ccccc1. The van der Waals surface area contributed by atoms with Crippen molar-refractivity contribution in [1.82, 2.24) is 0 Å². The number of carboxylic acids is 1. The average molecular weight is 350 g/mol. The fourth-order valence-corrected chi connectivity index (χ4v) is 3.46. The van der Waals surface area contributed by atoms with E-state index < -0.39 is 35.6 Å². The molecule has 138 valence electrons. The van der Waals surface area contributed by atoms with Gasteiger partial charge in [0.2, 0.25) is 0 Å². The van der Waals surface area contributed by atoms with Gasteiger partial charge < -0.3 is 20.1 Å². The maximum Gasteiger partial charge on any atom is 0.303 e. The van der Waals surface area contributed by atoms with Gasteiger partial charge >= 0.3 is 5.97 Å². The van der Waals surface area contributed by atoms with E-state index in [0.29, 0.717) is 12.2 Å². The van der Waals surface area contributed by atoms with Crippen LogP contribution >= 0.6 is 0 Å². The Kier molecular flexibility index (Phi) is 6.19. The second-order valence-electron chi connectivity index (χ2n) is 7.30. The minimum absolute atomic E-state index is 0.0399. The standard InChI is InChI=1S/C19H26O6/c1-19(2,25-12-6-4-3-5-7-12)9-8-14(20)18-13(10-17(23)24)15(21)11-16(18)22/h3-7,13,15-16,18,21-22H,8-11H2,1-2H3,(H,23,24)/t13-,15-,16+,18-/m0/s1. The van der Waals surface area contributed by atoms with Crippen molar-refractivity contribution in [2.24, 2.45) is 11.8 Å². The number of para-hydroxylation sites is 1. The molecule has 2 rings (SSSR count). The molecule has 0 bridgehead atoms. The Balaban J connectivity index is 1.96. The number of carboxylic acid groups (broad SMARTS) is 1. The Morgan fingerprint density at radius 2 is 1.80 bits per heavy atom. The first-order valence-electron chi connectivity index (χ1n) is 8.54. The Hall–Kier alpha value is -1.92. The second-order valence-corrected chi connectivity index (χ2v) is 7.30. The zero-order valence-corrected chi connectivity index (χ0v) is 14.6. The molecule has 1 aliphatic carbocycles. The van der Waals surface area contributed by atoms with Gasteiger partial charge in [-0.25, -0.2) is 0 Å². The summed E-state index contributed by atoms with van der Waals surface area (Å²) in [5.74, 6) is -2.17.